The van der Waals surface area contributed by atoms with E-state index >= 15 is 0 Å². The third kappa shape index (κ3) is 3.00. The van der Waals surface area contributed by atoms with E-state index in [2.05, 4.69) is 43.7 Å². The summed E-state index contributed by atoms with van der Waals surface area (Å²) in [6, 6.07) is 2.27. The maximum absolute atomic E-state index is 4.65. The van der Waals surface area contributed by atoms with Crippen LogP contribution in [-0.4, -0.2) is 25.0 Å². The highest BCUT2D eigenvalue weighted by Crippen LogP contribution is 2.43. The van der Waals surface area contributed by atoms with Crippen molar-refractivity contribution in [3.05, 3.63) is 6.07 Å². The molecule has 0 nitrogen and oxygen atoms in total. The molecule has 0 saturated carbocycles. The second-order valence-electron chi connectivity index (χ2n) is 2.70. The lowest BCUT2D eigenvalue weighted by Crippen LogP contribution is -1.87. The quantitative estimate of drug-likeness (QED) is 0.621. The van der Waals surface area contributed by atoms with Crippen molar-refractivity contribution >= 4 is 59.7 Å². The predicted octanol–water partition coefficient (Wildman–Crippen LogP) is 4.86. The first-order valence-corrected chi connectivity index (χ1v) is 9.60. The summed E-state index contributed by atoms with van der Waals surface area (Å²) in [7, 11) is 0. The van der Waals surface area contributed by atoms with Gasteiger partial charge in [-0.05, 0) is 31.1 Å². The monoisotopic (exact) mass is 294 g/mol. The molecule has 84 valence electrons. The molecule has 0 aliphatic carbocycles. The highest BCUT2D eigenvalue weighted by molar-refractivity contribution is 8.03. The summed E-state index contributed by atoms with van der Waals surface area (Å²) >= 11 is 11.8. The second kappa shape index (κ2) is 6.64. The largest absolute Gasteiger partial charge is 0.141 e. The van der Waals surface area contributed by atoms with Crippen LogP contribution in [0.3, 0.4) is 0 Å². The molecule has 0 heterocycles. The van der Waals surface area contributed by atoms with Crippen molar-refractivity contribution in [1.29, 1.82) is 0 Å². The van der Waals surface area contributed by atoms with Gasteiger partial charge >= 0.3 is 0 Å². The molecule has 0 unspecified atom stereocenters. The summed E-state index contributed by atoms with van der Waals surface area (Å²) in [5.74, 6) is 0. The standard InChI is InChI=1S/C10H14S5/c1-12-6-5-7(13-2)10(15-4)8(11)9(6)14-3/h5,11H,1-4H3. The van der Waals surface area contributed by atoms with Crippen LogP contribution in [0.25, 0.3) is 0 Å². The predicted molar refractivity (Wildman–Crippen MR) is 80.8 cm³/mol. The van der Waals surface area contributed by atoms with Gasteiger partial charge in [-0.2, -0.15) is 0 Å². The summed E-state index contributed by atoms with van der Waals surface area (Å²) in [5, 5.41) is 0. The Morgan fingerprint density at radius 1 is 0.800 bits per heavy atom. The molecule has 0 spiro atoms. The van der Waals surface area contributed by atoms with Crippen LogP contribution in [0.5, 0.6) is 0 Å². The molecule has 0 N–H and O–H groups in total. The molecular weight excluding hydrogens is 280 g/mol. The van der Waals surface area contributed by atoms with Gasteiger partial charge in [-0.1, -0.05) is 0 Å². The van der Waals surface area contributed by atoms with Gasteiger partial charge in [0.1, 0.15) is 0 Å². The SMILES string of the molecule is CSc1cc(SC)c(SC)c(S)c1SC. The average Bonchev–Trinajstić information content (AvgIpc) is 2.27. The molecule has 1 rings (SSSR count). The van der Waals surface area contributed by atoms with E-state index in [1.54, 1.807) is 47.0 Å². The minimum Gasteiger partial charge on any atom is -0.141 e. The molecule has 0 bridgehead atoms. The van der Waals surface area contributed by atoms with Crippen molar-refractivity contribution in [2.24, 2.45) is 0 Å². The van der Waals surface area contributed by atoms with Crippen molar-refractivity contribution in [3.8, 4) is 0 Å². The first-order chi connectivity index (χ1) is 7.19. The van der Waals surface area contributed by atoms with Crippen LogP contribution in [-0.2, 0) is 0 Å². The van der Waals surface area contributed by atoms with Crippen molar-refractivity contribution in [3.63, 3.8) is 0 Å². The van der Waals surface area contributed by atoms with E-state index in [9.17, 15) is 0 Å². The van der Waals surface area contributed by atoms with Gasteiger partial charge in [0, 0.05) is 24.5 Å². The Bertz CT molecular complexity index is 318. The molecule has 5 heteroatoms. The number of hydrogen-bond acceptors (Lipinski definition) is 5. The molecule has 1 aromatic carbocycles. The number of thiol groups is 1. The van der Waals surface area contributed by atoms with Gasteiger partial charge in [0.05, 0.1) is 0 Å². The number of rotatable bonds is 4. The molecule has 15 heavy (non-hydrogen) atoms. The first kappa shape index (κ1) is 14.0. The normalized spacial score (nSPS) is 10.7. The van der Waals surface area contributed by atoms with Crippen molar-refractivity contribution in [1.82, 2.24) is 0 Å². The van der Waals surface area contributed by atoms with Crippen LogP contribution in [0.15, 0.2) is 30.5 Å². The maximum atomic E-state index is 4.65. The molecule has 0 aromatic heterocycles. The van der Waals surface area contributed by atoms with Crippen molar-refractivity contribution in [2.45, 2.75) is 24.5 Å². The van der Waals surface area contributed by atoms with Gasteiger partial charge in [0.15, 0.2) is 0 Å². The zero-order chi connectivity index (χ0) is 11.4. The van der Waals surface area contributed by atoms with Gasteiger partial charge in [-0.25, -0.2) is 0 Å². The molecule has 0 saturated heterocycles. The number of hydrogen-bond donors (Lipinski definition) is 1. The van der Waals surface area contributed by atoms with E-state index in [4.69, 9.17) is 0 Å². The minimum atomic E-state index is 1.13. The Hall–Kier alpha value is 0.970. The van der Waals surface area contributed by atoms with Crippen molar-refractivity contribution < 1.29 is 0 Å². The van der Waals surface area contributed by atoms with Crippen LogP contribution in [0.4, 0.5) is 0 Å². The maximum Gasteiger partial charge on any atom is 0.0351 e. The van der Waals surface area contributed by atoms with Crippen LogP contribution in [0.2, 0.25) is 0 Å². The Labute approximate surface area is 115 Å². The smallest absolute Gasteiger partial charge is 0.0351 e. The summed E-state index contributed by atoms with van der Waals surface area (Å²) < 4.78 is 0. The lowest BCUT2D eigenvalue weighted by atomic mass is 10.3. The molecule has 0 radical (unpaired) electrons. The van der Waals surface area contributed by atoms with Crippen LogP contribution in [0, 0.1) is 0 Å². The van der Waals surface area contributed by atoms with E-state index in [-0.39, 0.29) is 0 Å². The fourth-order valence-electron chi connectivity index (χ4n) is 1.28. The molecule has 0 atom stereocenters. The van der Waals surface area contributed by atoms with Gasteiger partial charge < -0.3 is 0 Å². The van der Waals surface area contributed by atoms with E-state index in [0.717, 1.165) is 4.90 Å². The van der Waals surface area contributed by atoms with Gasteiger partial charge in [-0.15, -0.1) is 59.7 Å². The lowest BCUT2D eigenvalue weighted by molar-refractivity contribution is 0.970. The summed E-state index contributed by atoms with van der Waals surface area (Å²) in [6.07, 6.45) is 8.45. The van der Waals surface area contributed by atoms with E-state index in [1.807, 2.05) is 0 Å². The third-order valence-electron chi connectivity index (χ3n) is 1.99. The Morgan fingerprint density at radius 2 is 1.20 bits per heavy atom. The Morgan fingerprint density at radius 3 is 1.47 bits per heavy atom. The van der Waals surface area contributed by atoms with Crippen LogP contribution in [0.1, 0.15) is 0 Å². The van der Waals surface area contributed by atoms with Gasteiger partial charge in [0.2, 0.25) is 0 Å². The molecule has 0 amide bonds. The highest BCUT2D eigenvalue weighted by Gasteiger charge is 2.13. The molecule has 1 aromatic rings. The molecule has 0 aliphatic heterocycles. The fourth-order valence-corrected chi connectivity index (χ4v) is 5.52. The fraction of sp³-hybridized carbons (Fsp3) is 0.400. The Balaban J connectivity index is 3.41. The minimum absolute atomic E-state index is 1.13. The van der Waals surface area contributed by atoms with Crippen LogP contribution >= 0.6 is 59.7 Å². The first-order valence-electron chi connectivity index (χ1n) is 4.25. The van der Waals surface area contributed by atoms with E-state index < -0.39 is 0 Å². The molecular formula is C10H14S5. The summed E-state index contributed by atoms with van der Waals surface area (Å²) in [4.78, 5) is 6.39. The third-order valence-corrected chi connectivity index (χ3v) is 6.18. The summed E-state index contributed by atoms with van der Waals surface area (Å²) in [5.41, 5.74) is 0. The topological polar surface area (TPSA) is 0 Å². The van der Waals surface area contributed by atoms with E-state index in [0.29, 0.717) is 0 Å². The zero-order valence-corrected chi connectivity index (χ0v) is 13.3. The number of benzene rings is 1. The van der Waals surface area contributed by atoms with Gasteiger partial charge in [-0.3, -0.25) is 0 Å². The van der Waals surface area contributed by atoms with Gasteiger partial charge in [0.25, 0.3) is 0 Å². The van der Waals surface area contributed by atoms with Crippen LogP contribution < -0.4 is 0 Å². The average molecular weight is 295 g/mol. The molecule has 0 fully saturated rings. The number of thioether (sulfide) groups is 4. The second-order valence-corrected chi connectivity index (χ2v) is 6.47. The van der Waals surface area contributed by atoms with Crippen molar-refractivity contribution in [2.75, 3.05) is 25.0 Å². The Kier molecular flexibility index (Phi) is 6.22. The zero-order valence-electron chi connectivity index (χ0n) is 9.16. The highest BCUT2D eigenvalue weighted by atomic mass is 32.2. The van der Waals surface area contributed by atoms with E-state index in [1.165, 1.54) is 19.6 Å². The lowest BCUT2D eigenvalue weighted by Gasteiger charge is -2.15. The molecule has 0 aliphatic rings. The summed E-state index contributed by atoms with van der Waals surface area (Å²) in [6.45, 7) is 0.